The third kappa shape index (κ3) is 5.48. The van der Waals surface area contributed by atoms with Gasteiger partial charge in [-0.05, 0) is 30.9 Å². The number of hydrogen-bond donors (Lipinski definition) is 1. The molecule has 106 valence electrons. The average Bonchev–Trinajstić information content (AvgIpc) is 2.40. The molecule has 6 heteroatoms. The maximum Gasteiger partial charge on any atom is 0.311 e. The van der Waals surface area contributed by atoms with Crippen LogP contribution in [0.15, 0.2) is 18.2 Å². The molecule has 0 heterocycles. The van der Waals surface area contributed by atoms with Crippen molar-refractivity contribution in [3.05, 3.63) is 33.9 Å². The van der Waals surface area contributed by atoms with Gasteiger partial charge in [-0.2, -0.15) is 11.8 Å². The van der Waals surface area contributed by atoms with Crippen LogP contribution in [0.2, 0.25) is 0 Å². The highest BCUT2D eigenvalue weighted by atomic mass is 32.2. The van der Waals surface area contributed by atoms with Gasteiger partial charge in [0.1, 0.15) is 0 Å². The number of hydrogen-bond acceptors (Lipinski definition) is 5. The van der Waals surface area contributed by atoms with Crippen molar-refractivity contribution in [2.24, 2.45) is 0 Å². The summed E-state index contributed by atoms with van der Waals surface area (Å²) in [5, 5.41) is 14.3. The first-order valence-corrected chi connectivity index (χ1v) is 7.68. The molecule has 1 aromatic carbocycles. The number of thioether (sulfide) groups is 1. The molecule has 0 atom stereocenters. The summed E-state index contributed by atoms with van der Waals surface area (Å²) in [6, 6.07) is 5.13. The Labute approximate surface area is 117 Å². The van der Waals surface area contributed by atoms with Gasteiger partial charge in [-0.25, -0.2) is 0 Å². The molecular formula is C13H20N2O3S. The van der Waals surface area contributed by atoms with Crippen LogP contribution in [0.4, 0.5) is 5.69 Å². The molecule has 0 aliphatic heterocycles. The summed E-state index contributed by atoms with van der Waals surface area (Å²) in [5.41, 5.74) is 0.939. The van der Waals surface area contributed by atoms with Crippen LogP contribution < -0.4 is 10.1 Å². The van der Waals surface area contributed by atoms with Crippen LogP contribution in [0.5, 0.6) is 5.75 Å². The van der Waals surface area contributed by atoms with Gasteiger partial charge in [0, 0.05) is 18.4 Å². The number of nitro benzene ring substituents is 1. The van der Waals surface area contributed by atoms with E-state index in [0.29, 0.717) is 18.9 Å². The van der Waals surface area contributed by atoms with Gasteiger partial charge in [-0.15, -0.1) is 0 Å². The molecule has 0 saturated carbocycles. The fraction of sp³-hybridized carbons (Fsp3) is 0.538. The molecule has 0 aromatic heterocycles. The zero-order chi connectivity index (χ0) is 14.1. The Morgan fingerprint density at radius 2 is 2.26 bits per heavy atom. The molecule has 19 heavy (non-hydrogen) atoms. The molecule has 0 fully saturated rings. The molecule has 0 amide bonds. The largest absolute Gasteiger partial charge is 0.486 e. The zero-order valence-electron chi connectivity index (χ0n) is 11.3. The SMILES string of the molecule is CCCNCc1ccc(OCCSC)c([N+](=O)[O-])c1. The van der Waals surface area contributed by atoms with Crippen LogP contribution in [0.1, 0.15) is 18.9 Å². The van der Waals surface area contributed by atoms with E-state index in [1.54, 1.807) is 23.9 Å². The quantitative estimate of drug-likeness (QED) is 0.429. The summed E-state index contributed by atoms with van der Waals surface area (Å²) in [5.74, 6) is 1.16. The maximum absolute atomic E-state index is 11.0. The first-order chi connectivity index (χ1) is 9.19. The minimum absolute atomic E-state index is 0.0388. The van der Waals surface area contributed by atoms with E-state index in [4.69, 9.17) is 4.74 Å². The van der Waals surface area contributed by atoms with E-state index >= 15 is 0 Å². The average molecular weight is 284 g/mol. The molecule has 0 saturated heterocycles. The van der Waals surface area contributed by atoms with Crippen molar-refractivity contribution in [2.45, 2.75) is 19.9 Å². The highest BCUT2D eigenvalue weighted by Gasteiger charge is 2.15. The van der Waals surface area contributed by atoms with Crippen molar-refractivity contribution in [3.63, 3.8) is 0 Å². The molecule has 1 aromatic rings. The van der Waals surface area contributed by atoms with Crippen molar-refractivity contribution in [1.29, 1.82) is 0 Å². The topological polar surface area (TPSA) is 64.4 Å². The summed E-state index contributed by atoms with van der Waals surface area (Å²) < 4.78 is 5.44. The van der Waals surface area contributed by atoms with Crippen LogP contribution in [0.25, 0.3) is 0 Å². The lowest BCUT2D eigenvalue weighted by atomic mass is 10.2. The smallest absolute Gasteiger partial charge is 0.311 e. The number of nitrogens with one attached hydrogen (secondary N) is 1. The summed E-state index contributed by atoms with van der Waals surface area (Å²) >= 11 is 1.65. The maximum atomic E-state index is 11.0. The molecule has 0 aliphatic carbocycles. The van der Waals surface area contributed by atoms with Crippen LogP contribution in [-0.4, -0.2) is 30.1 Å². The van der Waals surface area contributed by atoms with Gasteiger partial charge in [0.25, 0.3) is 0 Å². The monoisotopic (exact) mass is 284 g/mol. The van der Waals surface area contributed by atoms with Crippen molar-refractivity contribution in [1.82, 2.24) is 5.32 Å². The Morgan fingerprint density at radius 3 is 2.89 bits per heavy atom. The van der Waals surface area contributed by atoms with Crippen LogP contribution >= 0.6 is 11.8 Å². The van der Waals surface area contributed by atoms with Crippen molar-refractivity contribution < 1.29 is 9.66 Å². The summed E-state index contributed by atoms with van der Waals surface area (Å²) in [4.78, 5) is 10.6. The third-order valence-corrected chi connectivity index (χ3v) is 3.10. The lowest BCUT2D eigenvalue weighted by molar-refractivity contribution is -0.385. The molecule has 1 rings (SSSR count). The van der Waals surface area contributed by atoms with Crippen molar-refractivity contribution in [3.8, 4) is 5.75 Å². The van der Waals surface area contributed by atoms with Crippen LogP contribution in [0.3, 0.4) is 0 Å². The second-order valence-electron chi connectivity index (χ2n) is 4.08. The Kier molecular flexibility index (Phi) is 7.28. The van der Waals surface area contributed by atoms with E-state index in [0.717, 1.165) is 24.3 Å². The van der Waals surface area contributed by atoms with E-state index in [-0.39, 0.29) is 5.69 Å². The highest BCUT2D eigenvalue weighted by molar-refractivity contribution is 7.98. The van der Waals surface area contributed by atoms with Crippen LogP contribution in [0, 0.1) is 10.1 Å². The molecule has 0 bridgehead atoms. The van der Waals surface area contributed by atoms with E-state index in [9.17, 15) is 10.1 Å². The van der Waals surface area contributed by atoms with E-state index in [1.807, 2.05) is 12.3 Å². The summed E-state index contributed by atoms with van der Waals surface area (Å²) in [6.07, 6.45) is 3.01. The van der Waals surface area contributed by atoms with E-state index in [2.05, 4.69) is 12.2 Å². The van der Waals surface area contributed by atoms with Gasteiger partial charge in [0.15, 0.2) is 5.75 Å². The summed E-state index contributed by atoms with van der Waals surface area (Å²) in [6.45, 7) is 4.10. The number of nitrogens with zero attached hydrogens (tertiary/aromatic N) is 1. The van der Waals surface area contributed by atoms with Gasteiger partial charge in [0.2, 0.25) is 0 Å². The third-order valence-electron chi connectivity index (χ3n) is 2.52. The zero-order valence-corrected chi connectivity index (χ0v) is 12.2. The summed E-state index contributed by atoms with van der Waals surface area (Å²) in [7, 11) is 0. The van der Waals surface area contributed by atoms with E-state index in [1.165, 1.54) is 0 Å². The minimum atomic E-state index is -0.391. The Morgan fingerprint density at radius 1 is 1.47 bits per heavy atom. The van der Waals surface area contributed by atoms with Crippen molar-refractivity contribution in [2.75, 3.05) is 25.2 Å². The number of rotatable bonds is 9. The van der Waals surface area contributed by atoms with Gasteiger partial charge in [-0.3, -0.25) is 10.1 Å². The van der Waals surface area contributed by atoms with Crippen LogP contribution in [-0.2, 0) is 6.54 Å². The predicted octanol–water partition coefficient (Wildman–Crippen LogP) is 2.84. The molecule has 1 N–H and O–H groups in total. The molecule has 0 spiro atoms. The number of benzene rings is 1. The first kappa shape index (κ1) is 15.8. The lowest BCUT2D eigenvalue weighted by Gasteiger charge is -2.08. The molecular weight excluding hydrogens is 264 g/mol. The first-order valence-electron chi connectivity index (χ1n) is 6.28. The molecule has 0 aliphatic rings. The highest BCUT2D eigenvalue weighted by Crippen LogP contribution is 2.28. The van der Waals surface area contributed by atoms with Gasteiger partial charge in [-0.1, -0.05) is 13.0 Å². The second-order valence-corrected chi connectivity index (χ2v) is 5.06. The fourth-order valence-electron chi connectivity index (χ4n) is 1.58. The fourth-order valence-corrected chi connectivity index (χ4v) is 1.83. The second kappa shape index (κ2) is 8.77. The predicted molar refractivity (Wildman–Crippen MR) is 79.0 cm³/mol. The van der Waals surface area contributed by atoms with Crippen molar-refractivity contribution >= 4 is 17.4 Å². The Hall–Kier alpha value is -1.27. The normalized spacial score (nSPS) is 10.4. The standard InChI is InChI=1S/C13H20N2O3S/c1-3-6-14-10-11-4-5-13(18-7-8-19-2)12(9-11)15(16)17/h4-5,9,14H,3,6-8,10H2,1-2H3. The van der Waals surface area contributed by atoms with Gasteiger partial charge >= 0.3 is 5.69 Å². The Balaban J connectivity index is 2.73. The van der Waals surface area contributed by atoms with E-state index < -0.39 is 4.92 Å². The minimum Gasteiger partial charge on any atom is -0.486 e. The number of nitro groups is 1. The lowest BCUT2D eigenvalue weighted by Crippen LogP contribution is -2.14. The molecule has 0 unspecified atom stereocenters. The van der Waals surface area contributed by atoms with Gasteiger partial charge in [0.05, 0.1) is 11.5 Å². The Bertz CT molecular complexity index is 413. The molecule has 5 nitrogen and oxygen atoms in total. The number of ether oxygens (including phenoxy) is 1. The molecule has 0 radical (unpaired) electrons. The van der Waals surface area contributed by atoms with Gasteiger partial charge < -0.3 is 10.1 Å².